The molecule has 3 heteroatoms. The van der Waals surface area contributed by atoms with Gasteiger partial charge < -0.3 is 9.47 Å². The van der Waals surface area contributed by atoms with Crippen molar-refractivity contribution in [3.63, 3.8) is 0 Å². The summed E-state index contributed by atoms with van der Waals surface area (Å²) in [4.78, 5) is 0. The van der Waals surface area contributed by atoms with Crippen molar-refractivity contribution in [3.8, 4) is 0 Å². The molecule has 0 amide bonds. The highest BCUT2D eigenvalue weighted by Crippen LogP contribution is 2.05. The summed E-state index contributed by atoms with van der Waals surface area (Å²) in [5.41, 5.74) is 0. The minimum atomic E-state index is -0.0297. The second-order valence-corrected chi connectivity index (χ2v) is 3.86. The average Bonchev–Trinajstić information content (AvgIpc) is 2.17. The van der Waals surface area contributed by atoms with Crippen LogP contribution in [-0.2, 0) is 9.47 Å². The van der Waals surface area contributed by atoms with Crippen molar-refractivity contribution in [2.45, 2.75) is 32.0 Å². The summed E-state index contributed by atoms with van der Waals surface area (Å²) in [6.45, 7) is 0. The van der Waals surface area contributed by atoms with Crippen LogP contribution in [0.5, 0.6) is 0 Å². The number of halogens is 1. The number of alkyl halides is 1. The Hall–Kier alpha value is 0.390. The van der Waals surface area contributed by atoms with Gasteiger partial charge in [0.25, 0.3) is 0 Å². The fraction of sp³-hybridized carbons (Fsp3) is 0.800. The highest BCUT2D eigenvalue weighted by atomic mass is 127. The number of hydrogen-bond acceptors (Lipinski definition) is 2. The highest BCUT2D eigenvalue weighted by Gasteiger charge is 2.02. The molecule has 0 aliphatic carbocycles. The fourth-order valence-electron chi connectivity index (χ4n) is 1.03. The summed E-state index contributed by atoms with van der Waals surface area (Å²) < 4.78 is 11.4. The lowest BCUT2D eigenvalue weighted by atomic mass is 10.2. The normalized spacial score (nSPS) is 11.7. The molecule has 0 N–H and O–H groups in total. The van der Waals surface area contributed by atoms with E-state index < -0.39 is 0 Å². The Bertz CT molecular complexity index is 122. The van der Waals surface area contributed by atoms with Gasteiger partial charge in [-0.1, -0.05) is 34.7 Å². The van der Waals surface area contributed by atoms with Crippen LogP contribution in [0.3, 0.4) is 0 Å². The predicted octanol–water partition coefficient (Wildman–Crippen LogP) is 3.16. The van der Waals surface area contributed by atoms with Crippen LogP contribution in [-0.4, -0.2) is 24.9 Å². The topological polar surface area (TPSA) is 18.5 Å². The Balaban J connectivity index is 3.23. The van der Waals surface area contributed by atoms with Crippen LogP contribution in [0.1, 0.15) is 25.7 Å². The molecule has 0 rings (SSSR count). The van der Waals surface area contributed by atoms with E-state index in [0.29, 0.717) is 0 Å². The van der Waals surface area contributed by atoms with E-state index in [9.17, 15) is 0 Å². The first kappa shape index (κ1) is 13.4. The van der Waals surface area contributed by atoms with Gasteiger partial charge in [0.1, 0.15) is 0 Å². The summed E-state index contributed by atoms with van der Waals surface area (Å²) in [5.74, 6) is 0. The first-order valence-electron chi connectivity index (χ1n) is 4.61. The summed E-state index contributed by atoms with van der Waals surface area (Å²) in [6.07, 6.45) is 8.85. The average molecular weight is 298 g/mol. The molecule has 0 aromatic rings. The molecule has 0 bridgehead atoms. The maximum absolute atomic E-state index is 5.08. The van der Waals surface area contributed by atoms with Gasteiger partial charge in [0.15, 0.2) is 6.29 Å². The number of allylic oxidation sites excluding steroid dienone is 2. The van der Waals surface area contributed by atoms with E-state index in [1.807, 2.05) is 0 Å². The number of ether oxygens (including phenoxy) is 2. The Morgan fingerprint density at radius 2 is 1.77 bits per heavy atom. The number of rotatable bonds is 8. The SMILES string of the molecule is COC(CCC/C=C\CCI)OC. The third-order valence-corrected chi connectivity index (χ3v) is 2.40. The van der Waals surface area contributed by atoms with Crippen molar-refractivity contribution in [2.75, 3.05) is 18.6 Å². The highest BCUT2D eigenvalue weighted by molar-refractivity contribution is 14.1. The van der Waals surface area contributed by atoms with Gasteiger partial charge in [0.2, 0.25) is 0 Å². The quantitative estimate of drug-likeness (QED) is 0.225. The van der Waals surface area contributed by atoms with Crippen molar-refractivity contribution in [1.82, 2.24) is 0 Å². The lowest BCUT2D eigenvalue weighted by Crippen LogP contribution is -2.12. The zero-order valence-corrected chi connectivity index (χ0v) is 10.6. The van der Waals surface area contributed by atoms with E-state index in [1.54, 1.807) is 14.2 Å². The molecule has 0 aliphatic heterocycles. The maximum Gasteiger partial charge on any atom is 0.156 e. The van der Waals surface area contributed by atoms with Gasteiger partial charge in [-0.05, 0) is 25.7 Å². The summed E-state index contributed by atoms with van der Waals surface area (Å²) >= 11 is 2.38. The molecule has 0 fully saturated rings. The molecule has 0 radical (unpaired) electrons. The van der Waals surface area contributed by atoms with Gasteiger partial charge in [0, 0.05) is 18.6 Å². The van der Waals surface area contributed by atoms with Gasteiger partial charge in [-0.3, -0.25) is 0 Å². The van der Waals surface area contributed by atoms with Crippen molar-refractivity contribution >= 4 is 22.6 Å². The molecule has 0 unspecified atom stereocenters. The molecular weight excluding hydrogens is 279 g/mol. The van der Waals surface area contributed by atoms with Crippen molar-refractivity contribution in [3.05, 3.63) is 12.2 Å². The van der Waals surface area contributed by atoms with Gasteiger partial charge in [-0.15, -0.1) is 0 Å². The van der Waals surface area contributed by atoms with Gasteiger partial charge in [-0.25, -0.2) is 0 Å². The van der Waals surface area contributed by atoms with E-state index in [2.05, 4.69) is 34.7 Å². The lowest BCUT2D eigenvalue weighted by molar-refractivity contribution is -0.106. The molecule has 0 atom stereocenters. The Labute approximate surface area is 94.8 Å². The molecule has 13 heavy (non-hydrogen) atoms. The van der Waals surface area contributed by atoms with E-state index in [1.165, 1.54) is 10.8 Å². The molecule has 0 aliphatic rings. The van der Waals surface area contributed by atoms with Crippen LogP contribution in [0.4, 0.5) is 0 Å². The van der Waals surface area contributed by atoms with Gasteiger partial charge >= 0.3 is 0 Å². The van der Waals surface area contributed by atoms with E-state index in [-0.39, 0.29) is 6.29 Å². The molecule has 0 saturated carbocycles. The van der Waals surface area contributed by atoms with Crippen LogP contribution >= 0.6 is 22.6 Å². The first-order valence-corrected chi connectivity index (χ1v) is 6.14. The zero-order chi connectivity index (χ0) is 9.94. The van der Waals surface area contributed by atoms with Crippen LogP contribution in [0.25, 0.3) is 0 Å². The molecule has 0 spiro atoms. The second-order valence-electron chi connectivity index (χ2n) is 2.78. The van der Waals surface area contributed by atoms with Crippen LogP contribution in [0.2, 0.25) is 0 Å². The van der Waals surface area contributed by atoms with Crippen LogP contribution in [0, 0.1) is 0 Å². The minimum Gasteiger partial charge on any atom is -0.356 e. The third-order valence-electron chi connectivity index (χ3n) is 1.78. The monoisotopic (exact) mass is 298 g/mol. The largest absolute Gasteiger partial charge is 0.356 e. The van der Waals surface area contributed by atoms with Crippen LogP contribution < -0.4 is 0 Å². The number of methoxy groups -OCH3 is 2. The molecule has 0 aromatic carbocycles. The Morgan fingerprint density at radius 1 is 1.15 bits per heavy atom. The number of hydrogen-bond donors (Lipinski definition) is 0. The number of unbranched alkanes of at least 4 members (excludes halogenated alkanes) is 1. The fourth-order valence-corrected chi connectivity index (χ4v) is 1.39. The summed E-state index contributed by atoms with van der Waals surface area (Å²) in [7, 11) is 3.36. The Kier molecular flexibility index (Phi) is 10.8. The van der Waals surface area contributed by atoms with Crippen LogP contribution in [0.15, 0.2) is 12.2 Å². The molecule has 0 saturated heterocycles. The van der Waals surface area contributed by atoms with Crippen molar-refractivity contribution in [2.24, 2.45) is 0 Å². The van der Waals surface area contributed by atoms with E-state index in [0.717, 1.165) is 19.3 Å². The molecule has 0 heterocycles. The standard InChI is InChI=1S/C10H19IO2/c1-12-10(13-2)8-6-4-3-5-7-9-11/h3,5,10H,4,6-9H2,1-2H3/b5-3-. The molecular formula is C10H19IO2. The zero-order valence-electron chi connectivity index (χ0n) is 8.46. The molecule has 2 nitrogen and oxygen atoms in total. The Morgan fingerprint density at radius 3 is 2.31 bits per heavy atom. The van der Waals surface area contributed by atoms with Crippen molar-refractivity contribution in [1.29, 1.82) is 0 Å². The third kappa shape index (κ3) is 8.71. The minimum absolute atomic E-state index is 0.0297. The summed E-state index contributed by atoms with van der Waals surface area (Å²) in [5, 5.41) is 0. The second kappa shape index (κ2) is 10.5. The molecule has 78 valence electrons. The lowest BCUT2D eigenvalue weighted by Gasteiger charge is -2.11. The van der Waals surface area contributed by atoms with Crippen molar-refractivity contribution < 1.29 is 9.47 Å². The predicted molar refractivity (Wildman–Crippen MR) is 64.3 cm³/mol. The van der Waals surface area contributed by atoms with Gasteiger partial charge in [-0.2, -0.15) is 0 Å². The van der Waals surface area contributed by atoms with E-state index >= 15 is 0 Å². The maximum atomic E-state index is 5.08. The van der Waals surface area contributed by atoms with Gasteiger partial charge in [0.05, 0.1) is 0 Å². The van der Waals surface area contributed by atoms with E-state index in [4.69, 9.17) is 9.47 Å². The summed E-state index contributed by atoms with van der Waals surface area (Å²) in [6, 6.07) is 0. The first-order chi connectivity index (χ1) is 6.35. The smallest absolute Gasteiger partial charge is 0.156 e. The molecule has 0 aromatic heterocycles.